The van der Waals surface area contributed by atoms with Crippen molar-refractivity contribution in [3.8, 4) is 0 Å². The van der Waals surface area contributed by atoms with E-state index in [1.807, 2.05) is 18.2 Å². The first kappa shape index (κ1) is 14.0. The van der Waals surface area contributed by atoms with Crippen LogP contribution in [0.5, 0.6) is 0 Å². The molecular formula is C10H10ClNaO2. The summed E-state index contributed by atoms with van der Waals surface area (Å²) in [5.74, 6) is -0.502. The fourth-order valence-electron chi connectivity index (χ4n) is 1.17. The van der Waals surface area contributed by atoms with Gasteiger partial charge in [-0.2, -0.15) is 0 Å². The van der Waals surface area contributed by atoms with Crippen molar-refractivity contribution >= 4 is 17.6 Å². The summed E-state index contributed by atoms with van der Waals surface area (Å²) in [5, 5.41) is 10.3. The number of aliphatic carboxylic acids is 1. The molecule has 0 fully saturated rings. The van der Waals surface area contributed by atoms with Crippen LogP contribution in [-0.2, 0) is 17.6 Å². The number of alkyl halides is 1. The molecule has 0 bridgehead atoms. The Hall–Kier alpha value is -0.0200. The maximum absolute atomic E-state index is 10.3. The number of hydrogen-bond donors (Lipinski definition) is 0. The molecule has 0 aliphatic heterocycles. The molecule has 0 heterocycles. The summed E-state index contributed by atoms with van der Waals surface area (Å²) in [4.78, 5) is 10.3. The fraction of sp³-hybridized carbons (Fsp3) is 0.300. The molecule has 0 aromatic heterocycles. The first-order valence-corrected chi connectivity index (χ1v) is 4.59. The van der Waals surface area contributed by atoms with Gasteiger partial charge in [-0.3, -0.25) is 0 Å². The van der Waals surface area contributed by atoms with Crippen molar-refractivity contribution in [2.24, 2.45) is 0 Å². The third-order valence-electron chi connectivity index (χ3n) is 1.72. The molecule has 1 aromatic rings. The number of aryl methyl sites for hydroxylation is 1. The van der Waals surface area contributed by atoms with Crippen LogP contribution in [0, 0.1) is 0 Å². The molecule has 0 saturated carbocycles. The summed E-state index contributed by atoms with van der Waals surface area (Å²) in [6.45, 7) is 0. The van der Waals surface area contributed by atoms with E-state index < -0.39 is 5.97 Å². The Balaban J connectivity index is 0.00000169. The number of rotatable bonds is 4. The van der Waals surface area contributed by atoms with Crippen molar-refractivity contribution in [1.82, 2.24) is 0 Å². The first-order valence-electron chi connectivity index (χ1n) is 4.06. The Bertz CT molecular complexity index is 302. The first-order chi connectivity index (χ1) is 6.22. The van der Waals surface area contributed by atoms with Crippen molar-refractivity contribution in [3.05, 3.63) is 35.4 Å². The van der Waals surface area contributed by atoms with Gasteiger partial charge >= 0.3 is 29.6 Å². The Kier molecular flexibility index (Phi) is 7.28. The molecule has 0 radical (unpaired) electrons. The van der Waals surface area contributed by atoms with Crippen LogP contribution < -0.4 is 34.7 Å². The number of hydrogen-bond acceptors (Lipinski definition) is 2. The molecule has 0 saturated heterocycles. The second-order valence-corrected chi connectivity index (χ2v) is 3.19. The van der Waals surface area contributed by atoms with Gasteiger partial charge < -0.3 is 9.90 Å². The zero-order chi connectivity index (χ0) is 9.68. The number of carbonyl (C=O) groups is 1. The standard InChI is InChI=1S/C10H11ClO2.Na/c11-5-4-8-2-1-3-9(6-8)7-10(12)13;/h1-3,6H,4-5,7H2,(H,12,13);/q;+1/p-1. The molecule has 1 aromatic carbocycles. The summed E-state index contributed by atoms with van der Waals surface area (Å²) in [6.07, 6.45) is 0.735. The van der Waals surface area contributed by atoms with Crippen molar-refractivity contribution in [2.75, 3.05) is 5.88 Å². The van der Waals surface area contributed by atoms with Crippen LogP contribution >= 0.6 is 11.6 Å². The van der Waals surface area contributed by atoms with E-state index in [4.69, 9.17) is 11.6 Å². The molecular weight excluding hydrogens is 211 g/mol. The molecule has 0 atom stereocenters. The average Bonchev–Trinajstić information content (AvgIpc) is 2.04. The normalized spacial score (nSPS) is 9.21. The fourth-order valence-corrected chi connectivity index (χ4v) is 1.39. The Morgan fingerprint density at radius 1 is 1.36 bits per heavy atom. The van der Waals surface area contributed by atoms with Crippen molar-refractivity contribution in [3.63, 3.8) is 0 Å². The van der Waals surface area contributed by atoms with E-state index in [1.165, 1.54) is 0 Å². The number of carbonyl (C=O) groups excluding carboxylic acids is 1. The van der Waals surface area contributed by atoms with Gasteiger partial charge in [0.05, 0.1) is 0 Å². The summed E-state index contributed by atoms with van der Waals surface area (Å²) < 4.78 is 0. The summed E-state index contributed by atoms with van der Waals surface area (Å²) in [7, 11) is 0. The van der Waals surface area contributed by atoms with E-state index in [2.05, 4.69) is 0 Å². The van der Waals surface area contributed by atoms with Gasteiger partial charge in [0, 0.05) is 18.3 Å². The van der Waals surface area contributed by atoms with Crippen LogP contribution in [0.25, 0.3) is 0 Å². The third-order valence-corrected chi connectivity index (χ3v) is 1.91. The van der Waals surface area contributed by atoms with Gasteiger partial charge in [0.15, 0.2) is 0 Å². The molecule has 1 rings (SSSR count). The van der Waals surface area contributed by atoms with E-state index in [0.717, 1.165) is 17.5 Å². The molecule has 70 valence electrons. The van der Waals surface area contributed by atoms with Gasteiger partial charge in [0.25, 0.3) is 0 Å². The molecule has 0 N–H and O–H groups in total. The third kappa shape index (κ3) is 5.01. The van der Waals surface area contributed by atoms with E-state index in [0.29, 0.717) is 5.88 Å². The molecule has 4 heteroatoms. The van der Waals surface area contributed by atoms with Crippen LogP contribution in [-0.4, -0.2) is 11.8 Å². The minimum Gasteiger partial charge on any atom is -0.550 e. The van der Waals surface area contributed by atoms with E-state index in [9.17, 15) is 9.90 Å². The number of carboxylic acid groups (broad SMARTS) is 1. The quantitative estimate of drug-likeness (QED) is 0.426. The average molecular weight is 221 g/mol. The molecule has 0 aliphatic carbocycles. The van der Waals surface area contributed by atoms with Crippen LogP contribution in [0.2, 0.25) is 0 Å². The molecule has 0 amide bonds. The SMILES string of the molecule is O=C([O-])Cc1cccc(CCCl)c1.[Na+]. The van der Waals surface area contributed by atoms with Crippen molar-refractivity contribution in [2.45, 2.75) is 12.8 Å². The van der Waals surface area contributed by atoms with Crippen LogP contribution in [0.3, 0.4) is 0 Å². The second-order valence-electron chi connectivity index (χ2n) is 2.81. The van der Waals surface area contributed by atoms with E-state index in [-0.39, 0.29) is 36.0 Å². The molecule has 0 unspecified atom stereocenters. The van der Waals surface area contributed by atoms with Crippen LogP contribution in [0.4, 0.5) is 0 Å². The molecule has 14 heavy (non-hydrogen) atoms. The Morgan fingerprint density at radius 2 is 2.00 bits per heavy atom. The van der Waals surface area contributed by atoms with Gasteiger partial charge in [0.1, 0.15) is 0 Å². The second kappa shape index (κ2) is 7.30. The summed E-state index contributed by atoms with van der Waals surface area (Å²) in [5.41, 5.74) is 1.83. The number of benzene rings is 1. The van der Waals surface area contributed by atoms with Crippen molar-refractivity contribution in [1.29, 1.82) is 0 Å². The predicted molar refractivity (Wildman–Crippen MR) is 49.6 cm³/mol. The maximum atomic E-state index is 10.3. The summed E-state index contributed by atoms with van der Waals surface area (Å²) in [6, 6.07) is 7.38. The molecule has 0 aliphatic rings. The molecule has 0 spiro atoms. The van der Waals surface area contributed by atoms with E-state index >= 15 is 0 Å². The van der Waals surface area contributed by atoms with Crippen molar-refractivity contribution < 1.29 is 39.5 Å². The largest absolute Gasteiger partial charge is 1.00 e. The van der Waals surface area contributed by atoms with Crippen LogP contribution in [0.1, 0.15) is 11.1 Å². The Morgan fingerprint density at radius 3 is 2.57 bits per heavy atom. The zero-order valence-electron chi connectivity index (χ0n) is 8.13. The van der Waals surface area contributed by atoms with Gasteiger partial charge in [-0.1, -0.05) is 24.3 Å². The minimum absolute atomic E-state index is 0. The van der Waals surface area contributed by atoms with E-state index in [1.54, 1.807) is 6.07 Å². The number of halogens is 1. The number of carboxylic acids is 1. The molecule has 2 nitrogen and oxygen atoms in total. The smallest absolute Gasteiger partial charge is 0.550 e. The zero-order valence-corrected chi connectivity index (χ0v) is 10.9. The monoisotopic (exact) mass is 220 g/mol. The Labute approximate surface area is 111 Å². The van der Waals surface area contributed by atoms with Crippen LogP contribution in [0.15, 0.2) is 24.3 Å². The predicted octanol–water partition coefficient (Wildman–Crippen LogP) is -2.24. The van der Waals surface area contributed by atoms with Gasteiger partial charge in [-0.25, -0.2) is 0 Å². The maximum Gasteiger partial charge on any atom is 1.00 e. The van der Waals surface area contributed by atoms with Gasteiger partial charge in [-0.15, -0.1) is 11.6 Å². The topological polar surface area (TPSA) is 40.1 Å². The van der Waals surface area contributed by atoms with Gasteiger partial charge in [-0.05, 0) is 17.5 Å². The summed E-state index contributed by atoms with van der Waals surface area (Å²) >= 11 is 5.57. The van der Waals surface area contributed by atoms with Gasteiger partial charge in [0.2, 0.25) is 0 Å². The minimum atomic E-state index is -1.05.